The third-order valence-corrected chi connectivity index (χ3v) is 5.79. The highest BCUT2D eigenvalue weighted by atomic mass is 35.5. The van der Waals surface area contributed by atoms with Crippen molar-refractivity contribution < 1.29 is 14.4 Å². The quantitative estimate of drug-likeness (QED) is 0.560. The number of fused-ring (bicyclic) bond motifs is 1. The van der Waals surface area contributed by atoms with Gasteiger partial charge in [-0.1, -0.05) is 29.3 Å². The number of imide groups is 1. The minimum Gasteiger partial charge on any atom is -0.350 e. The average Bonchev–Trinajstić information content (AvgIpc) is 3.29. The van der Waals surface area contributed by atoms with Crippen molar-refractivity contribution in [1.29, 1.82) is 0 Å². The largest absolute Gasteiger partial charge is 0.350 e. The number of aromatic nitrogens is 3. The number of benzene rings is 2. The molecule has 1 aromatic heterocycles. The van der Waals surface area contributed by atoms with E-state index in [1.807, 2.05) is 0 Å². The normalized spacial score (nSPS) is 15.4. The first-order chi connectivity index (χ1) is 14.4. The summed E-state index contributed by atoms with van der Waals surface area (Å²) in [5.74, 6) is -0.773. The molecule has 11 heteroatoms. The van der Waals surface area contributed by atoms with Crippen molar-refractivity contribution in [2.45, 2.75) is 0 Å². The van der Waals surface area contributed by atoms with Gasteiger partial charge in [-0.3, -0.25) is 19.3 Å². The molecule has 2 N–H and O–H groups in total. The second kappa shape index (κ2) is 8.47. The molecule has 3 aromatic rings. The van der Waals surface area contributed by atoms with Crippen LogP contribution in [0.4, 0.5) is 4.79 Å². The number of amides is 3. The third kappa shape index (κ3) is 4.18. The van der Waals surface area contributed by atoms with Crippen LogP contribution < -0.4 is 5.32 Å². The van der Waals surface area contributed by atoms with Crippen LogP contribution in [-0.4, -0.2) is 50.5 Å². The van der Waals surface area contributed by atoms with E-state index in [0.29, 0.717) is 32.2 Å². The van der Waals surface area contributed by atoms with E-state index in [4.69, 9.17) is 23.2 Å². The Morgan fingerprint density at radius 3 is 2.73 bits per heavy atom. The summed E-state index contributed by atoms with van der Waals surface area (Å²) in [6, 6.07) is 9.79. The van der Waals surface area contributed by atoms with Crippen molar-refractivity contribution >= 4 is 69.1 Å². The maximum absolute atomic E-state index is 12.6. The highest BCUT2D eigenvalue weighted by molar-refractivity contribution is 8.18. The Morgan fingerprint density at radius 2 is 1.93 bits per heavy atom. The Bertz CT molecular complexity index is 1210. The molecule has 0 bridgehead atoms. The number of halogens is 2. The van der Waals surface area contributed by atoms with Gasteiger partial charge in [-0.25, -0.2) is 0 Å². The van der Waals surface area contributed by atoms with E-state index in [-0.39, 0.29) is 23.9 Å². The second-order valence-electron chi connectivity index (χ2n) is 6.28. The first-order valence-electron chi connectivity index (χ1n) is 8.71. The smallest absolute Gasteiger partial charge is 0.293 e. The maximum Gasteiger partial charge on any atom is 0.293 e. The molecule has 2 aromatic carbocycles. The summed E-state index contributed by atoms with van der Waals surface area (Å²) >= 11 is 12.8. The summed E-state index contributed by atoms with van der Waals surface area (Å²) in [5.41, 5.74) is 2.21. The van der Waals surface area contributed by atoms with Crippen LogP contribution in [0, 0.1) is 0 Å². The van der Waals surface area contributed by atoms with Gasteiger partial charge in [0.2, 0.25) is 0 Å². The lowest BCUT2D eigenvalue weighted by atomic mass is 10.2. The van der Waals surface area contributed by atoms with E-state index in [1.165, 1.54) is 0 Å². The summed E-state index contributed by atoms with van der Waals surface area (Å²) in [6.07, 6.45) is 1.55. The van der Waals surface area contributed by atoms with Gasteiger partial charge < -0.3 is 5.32 Å². The highest BCUT2D eigenvalue weighted by Gasteiger charge is 2.34. The number of carbonyl (C=O) groups is 3. The van der Waals surface area contributed by atoms with Gasteiger partial charge in [0.05, 0.1) is 4.91 Å². The molecule has 30 heavy (non-hydrogen) atoms. The van der Waals surface area contributed by atoms with Crippen LogP contribution >= 0.6 is 35.0 Å². The monoisotopic (exact) mass is 461 g/mol. The molecule has 1 aliphatic heterocycles. The average molecular weight is 462 g/mol. The van der Waals surface area contributed by atoms with E-state index in [0.717, 1.165) is 16.7 Å². The number of hydrogen-bond donors (Lipinski definition) is 2. The minimum absolute atomic E-state index is 0.0499. The summed E-state index contributed by atoms with van der Waals surface area (Å²) in [4.78, 5) is 38.5. The molecule has 2 heterocycles. The first-order valence-corrected chi connectivity index (χ1v) is 10.3. The molecule has 1 aliphatic rings. The van der Waals surface area contributed by atoms with Crippen LogP contribution in [0.25, 0.3) is 17.1 Å². The van der Waals surface area contributed by atoms with Gasteiger partial charge >= 0.3 is 0 Å². The van der Waals surface area contributed by atoms with Crippen LogP contribution in [-0.2, 0) is 4.79 Å². The fourth-order valence-corrected chi connectivity index (χ4v) is 4.14. The van der Waals surface area contributed by atoms with Crippen molar-refractivity contribution in [2.75, 3.05) is 13.1 Å². The zero-order valence-corrected chi connectivity index (χ0v) is 17.5. The number of rotatable bonds is 5. The molecular weight excluding hydrogens is 449 g/mol. The number of nitrogens with zero attached hydrogens (tertiary/aromatic N) is 3. The summed E-state index contributed by atoms with van der Waals surface area (Å²) < 4.78 is 0. The lowest BCUT2D eigenvalue weighted by molar-refractivity contribution is -0.122. The molecule has 0 radical (unpaired) electrons. The fraction of sp³-hybridized carbons (Fsp3) is 0.105. The van der Waals surface area contributed by atoms with Gasteiger partial charge in [0.1, 0.15) is 11.0 Å². The molecule has 8 nitrogen and oxygen atoms in total. The van der Waals surface area contributed by atoms with Gasteiger partial charge in [-0.2, -0.15) is 15.4 Å². The van der Waals surface area contributed by atoms with E-state index < -0.39 is 11.1 Å². The lowest BCUT2D eigenvalue weighted by Gasteiger charge is -2.13. The first kappa shape index (κ1) is 20.4. The van der Waals surface area contributed by atoms with Crippen LogP contribution in [0.5, 0.6) is 0 Å². The molecule has 0 atom stereocenters. The number of carbonyl (C=O) groups excluding carboxylic acids is 3. The van der Waals surface area contributed by atoms with Gasteiger partial charge in [0.25, 0.3) is 17.1 Å². The van der Waals surface area contributed by atoms with Gasteiger partial charge in [0, 0.05) is 28.7 Å². The molecule has 0 spiro atoms. The SMILES string of the molecule is O=C(NCCN1C(=O)S/C(=C/c2ccc(Cl)cc2Cl)C1=O)c1ccc2n[nH]nc2c1. The van der Waals surface area contributed by atoms with Gasteiger partial charge in [0.15, 0.2) is 0 Å². The van der Waals surface area contributed by atoms with Crippen LogP contribution in [0.15, 0.2) is 41.3 Å². The Balaban J connectivity index is 1.38. The Kier molecular flexibility index (Phi) is 5.76. The van der Waals surface area contributed by atoms with Crippen molar-refractivity contribution in [3.05, 3.63) is 62.5 Å². The number of thioether (sulfide) groups is 1. The Labute approximate surface area is 184 Å². The van der Waals surface area contributed by atoms with E-state index in [2.05, 4.69) is 20.7 Å². The predicted molar refractivity (Wildman–Crippen MR) is 115 cm³/mol. The van der Waals surface area contributed by atoms with Crippen LogP contribution in [0.1, 0.15) is 15.9 Å². The van der Waals surface area contributed by atoms with Crippen molar-refractivity contribution in [2.24, 2.45) is 0 Å². The Hall–Kier alpha value is -2.88. The predicted octanol–water partition coefficient (Wildman–Crippen LogP) is 3.73. The van der Waals surface area contributed by atoms with Crippen molar-refractivity contribution in [1.82, 2.24) is 25.6 Å². The number of hydrogen-bond acceptors (Lipinski definition) is 6. The summed E-state index contributed by atoms with van der Waals surface area (Å²) in [5, 5.41) is 13.5. The zero-order valence-electron chi connectivity index (χ0n) is 15.2. The molecule has 1 saturated heterocycles. The number of aromatic amines is 1. The molecular formula is C19H13Cl2N5O3S. The molecule has 0 aliphatic carbocycles. The van der Waals surface area contributed by atoms with Gasteiger partial charge in [-0.05, 0) is 53.7 Å². The maximum atomic E-state index is 12.6. The third-order valence-electron chi connectivity index (χ3n) is 4.32. The second-order valence-corrected chi connectivity index (χ2v) is 8.12. The zero-order chi connectivity index (χ0) is 21.3. The Morgan fingerprint density at radius 1 is 1.13 bits per heavy atom. The summed E-state index contributed by atoms with van der Waals surface area (Å²) in [7, 11) is 0. The molecule has 4 rings (SSSR count). The molecule has 152 valence electrons. The van der Waals surface area contributed by atoms with Crippen molar-refractivity contribution in [3.63, 3.8) is 0 Å². The van der Waals surface area contributed by atoms with Crippen LogP contribution in [0.2, 0.25) is 10.0 Å². The van der Waals surface area contributed by atoms with E-state index in [1.54, 1.807) is 42.5 Å². The van der Waals surface area contributed by atoms with Gasteiger partial charge in [-0.15, -0.1) is 0 Å². The minimum atomic E-state index is -0.436. The van der Waals surface area contributed by atoms with Crippen molar-refractivity contribution in [3.8, 4) is 0 Å². The topological polar surface area (TPSA) is 108 Å². The number of nitrogens with one attached hydrogen (secondary N) is 2. The number of H-pyrrole nitrogens is 1. The van der Waals surface area contributed by atoms with E-state index in [9.17, 15) is 14.4 Å². The fourth-order valence-electron chi connectivity index (χ4n) is 2.82. The summed E-state index contributed by atoms with van der Waals surface area (Å²) in [6.45, 7) is 0.164. The lowest BCUT2D eigenvalue weighted by Crippen LogP contribution is -2.37. The molecule has 3 amide bonds. The standard InChI is InChI=1S/C19H13Cl2N5O3S/c20-12-3-1-10(13(21)9-12)8-16-18(28)26(19(29)30-16)6-5-22-17(27)11-2-4-14-15(7-11)24-25-23-14/h1-4,7-9H,5-6H2,(H,22,27)(H,23,24,25)/b16-8+. The molecule has 0 unspecified atom stereocenters. The van der Waals surface area contributed by atoms with Crippen LogP contribution in [0.3, 0.4) is 0 Å². The highest BCUT2D eigenvalue weighted by Crippen LogP contribution is 2.33. The molecule has 0 saturated carbocycles. The van der Waals surface area contributed by atoms with E-state index >= 15 is 0 Å². The molecule has 1 fully saturated rings.